The highest BCUT2D eigenvalue weighted by molar-refractivity contribution is 5.79. The van der Waals surface area contributed by atoms with E-state index in [1.165, 1.54) is 4.90 Å². The highest BCUT2D eigenvalue weighted by atomic mass is 19.4. The maximum atomic E-state index is 13.1. The molecule has 0 radical (unpaired) electrons. The minimum atomic E-state index is -4.30. The lowest BCUT2D eigenvalue weighted by Gasteiger charge is -2.39. The van der Waals surface area contributed by atoms with Crippen LogP contribution >= 0.6 is 0 Å². The average molecular weight is 308 g/mol. The molecular formula is C14H23F3N2O2. The van der Waals surface area contributed by atoms with Gasteiger partial charge in [-0.25, -0.2) is 0 Å². The summed E-state index contributed by atoms with van der Waals surface area (Å²) in [4.78, 5) is 14.0. The molecule has 0 bridgehead atoms. The quantitative estimate of drug-likeness (QED) is 0.848. The summed E-state index contributed by atoms with van der Waals surface area (Å²) in [5.74, 6) is -2.83. The zero-order valence-electron chi connectivity index (χ0n) is 12.2. The molecule has 1 aliphatic carbocycles. The van der Waals surface area contributed by atoms with Crippen molar-refractivity contribution in [2.75, 3.05) is 19.7 Å². The van der Waals surface area contributed by atoms with Crippen LogP contribution in [0.25, 0.3) is 0 Å². The molecule has 1 saturated heterocycles. The van der Waals surface area contributed by atoms with E-state index in [0.717, 1.165) is 0 Å². The molecule has 4 nitrogen and oxygen atoms in total. The highest BCUT2D eigenvalue weighted by Gasteiger charge is 2.49. The number of hydrogen-bond donors (Lipinski definition) is 1. The smallest absolute Gasteiger partial charge is 0.373 e. The number of amides is 1. The van der Waals surface area contributed by atoms with E-state index in [2.05, 4.69) is 0 Å². The topological polar surface area (TPSA) is 55.6 Å². The average Bonchev–Trinajstić information content (AvgIpc) is 2.45. The number of nitrogens with zero attached hydrogens (tertiary/aromatic N) is 1. The maximum absolute atomic E-state index is 13.1. The molecule has 7 heteroatoms. The van der Waals surface area contributed by atoms with Crippen molar-refractivity contribution in [1.82, 2.24) is 4.90 Å². The van der Waals surface area contributed by atoms with E-state index in [0.29, 0.717) is 32.4 Å². The Morgan fingerprint density at radius 1 is 1.33 bits per heavy atom. The molecule has 2 N–H and O–H groups in total. The molecule has 122 valence electrons. The monoisotopic (exact) mass is 308 g/mol. The van der Waals surface area contributed by atoms with Crippen molar-refractivity contribution in [2.24, 2.45) is 17.6 Å². The first-order valence-corrected chi connectivity index (χ1v) is 7.53. The number of alkyl halides is 3. The van der Waals surface area contributed by atoms with E-state index in [-0.39, 0.29) is 31.0 Å². The molecule has 0 aromatic heterocycles. The van der Waals surface area contributed by atoms with Crippen LogP contribution in [-0.2, 0) is 9.53 Å². The first-order valence-electron chi connectivity index (χ1n) is 7.53. The van der Waals surface area contributed by atoms with Crippen molar-refractivity contribution in [2.45, 2.75) is 50.9 Å². The normalized spacial score (nSPS) is 32.8. The van der Waals surface area contributed by atoms with Crippen molar-refractivity contribution in [3.8, 4) is 0 Å². The standard InChI is InChI=1S/C14H23F3N2O2/c1-9(18)12-8-19(6-7-21-12)13(20)10-4-2-3-5-11(10)14(15,16)17/h9-12H,2-8,18H2,1H3. The molecule has 21 heavy (non-hydrogen) atoms. The van der Waals surface area contributed by atoms with Gasteiger partial charge in [0.1, 0.15) is 0 Å². The molecular weight excluding hydrogens is 285 g/mol. The Morgan fingerprint density at radius 3 is 2.62 bits per heavy atom. The van der Waals surface area contributed by atoms with Crippen molar-refractivity contribution in [3.63, 3.8) is 0 Å². The molecule has 0 spiro atoms. The van der Waals surface area contributed by atoms with Gasteiger partial charge >= 0.3 is 6.18 Å². The van der Waals surface area contributed by atoms with Gasteiger partial charge in [-0.1, -0.05) is 12.8 Å². The van der Waals surface area contributed by atoms with Crippen LogP contribution < -0.4 is 5.73 Å². The summed E-state index contributed by atoms with van der Waals surface area (Å²) in [6, 6.07) is -0.245. The zero-order valence-corrected chi connectivity index (χ0v) is 12.2. The Balaban J connectivity index is 2.06. The molecule has 1 amide bonds. The Hall–Kier alpha value is -0.820. The molecule has 1 heterocycles. The molecule has 2 fully saturated rings. The van der Waals surface area contributed by atoms with E-state index >= 15 is 0 Å². The summed E-state index contributed by atoms with van der Waals surface area (Å²) < 4.78 is 44.8. The van der Waals surface area contributed by atoms with Gasteiger partial charge in [-0.2, -0.15) is 13.2 Å². The number of halogens is 3. The molecule has 0 aromatic carbocycles. The fraction of sp³-hybridized carbons (Fsp3) is 0.929. The molecule has 0 aromatic rings. The van der Waals surface area contributed by atoms with Gasteiger partial charge in [0.25, 0.3) is 0 Å². The van der Waals surface area contributed by atoms with Gasteiger partial charge in [-0.3, -0.25) is 4.79 Å². The third-order valence-corrected chi connectivity index (χ3v) is 4.50. The van der Waals surface area contributed by atoms with Gasteiger partial charge < -0.3 is 15.4 Å². The SMILES string of the molecule is CC(N)C1CN(C(=O)C2CCCCC2C(F)(F)F)CCO1. The zero-order chi connectivity index (χ0) is 15.6. The van der Waals surface area contributed by atoms with Gasteiger partial charge in [0, 0.05) is 25.0 Å². The first-order chi connectivity index (χ1) is 9.80. The fourth-order valence-electron chi connectivity index (χ4n) is 3.25. The van der Waals surface area contributed by atoms with Crippen LogP contribution in [-0.4, -0.2) is 48.8 Å². The predicted molar refractivity (Wildman–Crippen MR) is 71.5 cm³/mol. The van der Waals surface area contributed by atoms with Crippen molar-refractivity contribution < 1.29 is 22.7 Å². The third-order valence-electron chi connectivity index (χ3n) is 4.50. The van der Waals surface area contributed by atoms with Crippen LogP contribution in [0.2, 0.25) is 0 Å². The third kappa shape index (κ3) is 3.88. The summed E-state index contributed by atoms with van der Waals surface area (Å²) in [5, 5.41) is 0. The summed E-state index contributed by atoms with van der Waals surface area (Å²) in [5.41, 5.74) is 5.76. The Labute approximate surface area is 122 Å². The lowest BCUT2D eigenvalue weighted by molar-refractivity contribution is -0.202. The van der Waals surface area contributed by atoms with Gasteiger partial charge in [0.05, 0.1) is 18.6 Å². The van der Waals surface area contributed by atoms with Gasteiger partial charge in [0.15, 0.2) is 0 Å². The van der Waals surface area contributed by atoms with E-state index in [4.69, 9.17) is 10.5 Å². The van der Waals surface area contributed by atoms with Crippen molar-refractivity contribution in [3.05, 3.63) is 0 Å². The minimum Gasteiger partial charge on any atom is -0.373 e. The fourth-order valence-corrected chi connectivity index (χ4v) is 3.25. The minimum absolute atomic E-state index is 0.0565. The lowest BCUT2D eigenvalue weighted by Crippen LogP contribution is -2.54. The summed E-state index contributed by atoms with van der Waals surface area (Å²) in [7, 11) is 0. The van der Waals surface area contributed by atoms with E-state index in [1.54, 1.807) is 6.92 Å². The number of hydrogen-bond acceptors (Lipinski definition) is 3. The first kappa shape index (κ1) is 16.5. The van der Waals surface area contributed by atoms with E-state index in [1.807, 2.05) is 0 Å². The van der Waals surface area contributed by atoms with Gasteiger partial charge in [-0.15, -0.1) is 0 Å². The predicted octanol–water partition coefficient (Wildman–Crippen LogP) is 1.93. The number of nitrogens with two attached hydrogens (primary N) is 1. The van der Waals surface area contributed by atoms with E-state index in [9.17, 15) is 18.0 Å². The van der Waals surface area contributed by atoms with Gasteiger partial charge in [0.2, 0.25) is 5.91 Å². The second-order valence-electron chi connectivity index (χ2n) is 6.09. The molecule has 2 rings (SSSR count). The number of morpholine rings is 1. The van der Waals surface area contributed by atoms with Crippen LogP contribution in [0.3, 0.4) is 0 Å². The molecule has 1 saturated carbocycles. The Kier molecular flexibility index (Phi) is 5.14. The summed E-state index contributed by atoms with van der Waals surface area (Å²) >= 11 is 0. The largest absolute Gasteiger partial charge is 0.392 e. The molecule has 1 aliphatic heterocycles. The second-order valence-corrected chi connectivity index (χ2v) is 6.09. The second kappa shape index (κ2) is 6.52. The summed E-state index contributed by atoms with van der Waals surface area (Å²) in [6.07, 6.45) is -2.99. The van der Waals surface area contributed by atoms with Crippen molar-refractivity contribution >= 4 is 5.91 Å². The highest BCUT2D eigenvalue weighted by Crippen LogP contribution is 2.42. The number of carbonyl (C=O) groups is 1. The molecule has 2 aliphatic rings. The van der Waals surface area contributed by atoms with Crippen LogP contribution in [0.15, 0.2) is 0 Å². The van der Waals surface area contributed by atoms with Gasteiger partial charge in [-0.05, 0) is 19.8 Å². The van der Waals surface area contributed by atoms with Crippen LogP contribution in [0.4, 0.5) is 13.2 Å². The molecule has 4 atom stereocenters. The van der Waals surface area contributed by atoms with Crippen molar-refractivity contribution in [1.29, 1.82) is 0 Å². The number of carbonyl (C=O) groups excluding carboxylic acids is 1. The van der Waals surface area contributed by atoms with Crippen LogP contribution in [0, 0.1) is 11.8 Å². The van der Waals surface area contributed by atoms with Crippen LogP contribution in [0.5, 0.6) is 0 Å². The maximum Gasteiger partial charge on any atom is 0.392 e. The summed E-state index contributed by atoms with van der Waals surface area (Å²) in [6.45, 7) is 2.75. The number of ether oxygens (including phenoxy) is 1. The van der Waals surface area contributed by atoms with Crippen LogP contribution in [0.1, 0.15) is 32.6 Å². The number of rotatable bonds is 2. The van der Waals surface area contributed by atoms with E-state index < -0.39 is 18.0 Å². The Bertz CT molecular complexity index is 374. The lowest BCUT2D eigenvalue weighted by atomic mass is 9.78. The Morgan fingerprint density at radius 2 is 2.00 bits per heavy atom. The molecule has 4 unspecified atom stereocenters.